The molecule has 4 nitrogen and oxygen atoms in total. The van der Waals surface area contributed by atoms with Gasteiger partial charge in [-0.2, -0.15) is 0 Å². The monoisotopic (exact) mass is 357 g/mol. The van der Waals surface area contributed by atoms with Crippen LogP contribution in [0.25, 0.3) is 0 Å². The van der Waals surface area contributed by atoms with Crippen molar-refractivity contribution in [2.75, 3.05) is 25.5 Å². The smallest absolute Gasteiger partial charge is 0.182 e. The Kier molecular flexibility index (Phi) is 6.59. The molecule has 0 aromatic heterocycles. The van der Waals surface area contributed by atoms with E-state index in [-0.39, 0.29) is 12.3 Å². The fraction of sp³-hybridized carbons (Fsp3) is 0.300. The summed E-state index contributed by atoms with van der Waals surface area (Å²) in [5.74, 6) is 0.0433. The number of anilines is 1. The highest BCUT2D eigenvalue weighted by molar-refractivity contribution is 6.30. The Morgan fingerprint density at radius 2 is 2.00 bits per heavy atom. The minimum Gasteiger partial charge on any atom is -0.378 e. The summed E-state index contributed by atoms with van der Waals surface area (Å²) in [5.41, 5.74) is 4.35. The van der Waals surface area contributed by atoms with Crippen LogP contribution < -0.4 is 5.32 Å². The van der Waals surface area contributed by atoms with Gasteiger partial charge in [-0.1, -0.05) is 17.7 Å². The van der Waals surface area contributed by atoms with E-state index in [0.29, 0.717) is 5.02 Å². The molecule has 2 aromatic carbocycles. The molecule has 0 amide bonds. The highest BCUT2D eigenvalue weighted by Crippen LogP contribution is 2.24. The van der Waals surface area contributed by atoms with E-state index >= 15 is 0 Å². The van der Waals surface area contributed by atoms with Crippen LogP contribution in [0, 0.1) is 13.8 Å². The fourth-order valence-corrected chi connectivity index (χ4v) is 2.55. The first kappa shape index (κ1) is 19.0. The number of rotatable bonds is 7. The SMILES string of the molecule is CCN(C)C=Nc1cc(C)c(C(=O)CNc2cccc(Cl)c2)cc1C. The van der Waals surface area contributed by atoms with Crippen LogP contribution in [0.3, 0.4) is 0 Å². The van der Waals surface area contributed by atoms with Gasteiger partial charge in [0.25, 0.3) is 0 Å². The maximum Gasteiger partial charge on any atom is 0.182 e. The average molecular weight is 358 g/mol. The number of halogens is 1. The zero-order valence-electron chi connectivity index (χ0n) is 15.1. The second kappa shape index (κ2) is 8.67. The van der Waals surface area contributed by atoms with E-state index in [4.69, 9.17) is 11.6 Å². The highest BCUT2D eigenvalue weighted by atomic mass is 35.5. The molecular weight excluding hydrogens is 334 g/mol. The molecule has 0 aliphatic heterocycles. The largest absolute Gasteiger partial charge is 0.378 e. The van der Waals surface area contributed by atoms with Gasteiger partial charge in [0.05, 0.1) is 18.6 Å². The van der Waals surface area contributed by atoms with Crippen molar-refractivity contribution in [3.05, 3.63) is 58.1 Å². The van der Waals surface area contributed by atoms with E-state index in [1.807, 2.05) is 56.4 Å². The Labute approximate surface area is 154 Å². The predicted molar refractivity (Wildman–Crippen MR) is 107 cm³/mol. The van der Waals surface area contributed by atoms with Crippen molar-refractivity contribution in [2.45, 2.75) is 20.8 Å². The van der Waals surface area contributed by atoms with Gasteiger partial charge in [0.2, 0.25) is 0 Å². The number of ketones is 1. The molecule has 0 saturated carbocycles. The summed E-state index contributed by atoms with van der Waals surface area (Å²) in [6, 6.07) is 11.2. The topological polar surface area (TPSA) is 44.7 Å². The molecule has 5 heteroatoms. The normalized spacial score (nSPS) is 10.9. The molecule has 0 heterocycles. The molecule has 0 atom stereocenters. The highest BCUT2D eigenvalue weighted by Gasteiger charge is 2.12. The first-order valence-electron chi connectivity index (χ1n) is 8.29. The van der Waals surface area contributed by atoms with E-state index in [1.165, 1.54) is 0 Å². The lowest BCUT2D eigenvalue weighted by Gasteiger charge is -2.12. The molecule has 0 aliphatic rings. The Bertz CT molecular complexity index is 787. The second-order valence-corrected chi connectivity index (χ2v) is 6.49. The van der Waals surface area contributed by atoms with Crippen molar-refractivity contribution >= 4 is 35.1 Å². The van der Waals surface area contributed by atoms with Crippen LogP contribution in [0.1, 0.15) is 28.4 Å². The molecule has 0 saturated heterocycles. The minimum atomic E-state index is 0.0433. The summed E-state index contributed by atoms with van der Waals surface area (Å²) in [7, 11) is 1.98. The number of aliphatic imine (C=N–C) groups is 1. The quantitative estimate of drug-likeness (QED) is 0.437. The minimum absolute atomic E-state index is 0.0433. The lowest BCUT2D eigenvalue weighted by molar-refractivity contribution is 0.101. The average Bonchev–Trinajstić information content (AvgIpc) is 2.59. The summed E-state index contributed by atoms with van der Waals surface area (Å²) in [5, 5.41) is 3.76. The first-order valence-corrected chi connectivity index (χ1v) is 8.66. The van der Waals surface area contributed by atoms with Gasteiger partial charge in [-0.15, -0.1) is 0 Å². The summed E-state index contributed by atoms with van der Waals surface area (Å²) in [6.07, 6.45) is 1.81. The number of carbonyl (C=O) groups is 1. The van der Waals surface area contributed by atoms with Crippen molar-refractivity contribution in [3.63, 3.8) is 0 Å². The van der Waals surface area contributed by atoms with Crippen molar-refractivity contribution in [2.24, 2.45) is 4.99 Å². The van der Waals surface area contributed by atoms with E-state index in [1.54, 1.807) is 12.1 Å². The van der Waals surface area contributed by atoms with Gasteiger partial charge in [-0.3, -0.25) is 4.79 Å². The van der Waals surface area contributed by atoms with E-state index in [9.17, 15) is 4.79 Å². The number of carbonyl (C=O) groups excluding carboxylic acids is 1. The molecule has 0 spiro atoms. The summed E-state index contributed by atoms with van der Waals surface area (Å²) in [6.45, 7) is 7.10. The number of aryl methyl sites for hydroxylation is 2. The zero-order valence-corrected chi connectivity index (χ0v) is 15.9. The third-order valence-electron chi connectivity index (χ3n) is 4.01. The lowest BCUT2D eigenvalue weighted by Crippen LogP contribution is -2.15. The van der Waals surface area contributed by atoms with Crippen LogP contribution in [0.15, 0.2) is 41.4 Å². The Hall–Kier alpha value is -2.33. The second-order valence-electron chi connectivity index (χ2n) is 6.06. The van der Waals surface area contributed by atoms with Crippen molar-refractivity contribution < 1.29 is 4.79 Å². The van der Waals surface area contributed by atoms with Crippen molar-refractivity contribution in [3.8, 4) is 0 Å². The molecule has 0 aliphatic carbocycles. The number of Topliss-reactive ketones (excluding diaryl/α,β-unsaturated/α-hetero) is 1. The molecule has 1 N–H and O–H groups in total. The predicted octanol–water partition coefficient (Wildman–Crippen LogP) is 4.86. The standard InChI is InChI=1S/C20H24ClN3O/c1-5-24(4)13-23-19-10-14(2)18(9-15(19)3)20(25)12-22-17-8-6-7-16(21)11-17/h6-11,13,22H,5,12H2,1-4H3. The van der Waals surface area contributed by atoms with Gasteiger partial charge in [0.15, 0.2) is 5.78 Å². The maximum absolute atomic E-state index is 12.6. The van der Waals surface area contributed by atoms with Crippen LogP contribution in [-0.2, 0) is 0 Å². The third-order valence-corrected chi connectivity index (χ3v) is 4.25. The molecule has 0 bridgehead atoms. The molecule has 0 unspecified atom stereocenters. The van der Waals surface area contributed by atoms with E-state index < -0.39 is 0 Å². The van der Waals surface area contributed by atoms with Gasteiger partial charge in [0, 0.05) is 29.9 Å². The number of nitrogens with zero attached hydrogens (tertiary/aromatic N) is 2. The Balaban J connectivity index is 2.12. The number of nitrogens with one attached hydrogen (secondary N) is 1. The van der Waals surface area contributed by atoms with Gasteiger partial charge in [-0.05, 0) is 62.2 Å². The molecule has 0 fully saturated rings. The first-order chi connectivity index (χ1) is 11.9. The number of benzene rings is 2. The van der Waals surface area contributed by atoms with Gasteiger partial charge >= 0.3 is 0 Å². The van der Waals surface area contributed by atoms with Crippen LogP contribution in [0.5, 0.6) is 0 Å². The number of hydrogen-bond donors (Lipinski definition) is 1. The number of hydrogen-bond acceptors (Lipinski definition) is 3. The van der Waals surface area contributed by atoms with Gasteiger partial charge < -0.3 is 10.2 Å². The molecule has 0 radical (unpaired) electrons. The van der Waals surface area contributed by atoms with Crippen LogP contribution in [0.4, 0.5) is 11.4 Å². The van der Waals surface area contributed by atoms with Crippen molar-refractivity contribution in [1.82, 2.24) is 4.90 Å². The summed E-state index contributed by atoms with van der Waals surface area (Å²) < 4.78 is 0. The molecule has 25 heavy (non-hydrogen) atoms. The molecule has 132 valence electrons. The Morgan fingerprint density at radius 3 is 2.68 bits per heavy atom. The zero-order chi connectivity index (χ0) is 18.4. The van der Waals surface area contributed by atoms with E-state index in [2.05, 4.69) is 17.2 Å². The fourth-order valence-electron chi connectivity index (χ4n) is 2.36. The third kappa shape index (κ3) is 5.33. The Morgan fingerprint density at radius 1 is 1.24 bits per heavy atom. The molecular formula is C20H24ClN3O. The lowest BCUT2D eigenvalue weighted by atomic mass is 10.0. The van der Waals surface area contributed by atoms with Gasteiger partial charge in [0.1, 0.15) is 0 Å². The summed E-state index contributed by atoms with van der Waals surface area (Å²) in [4.78, 5) is 19.1. The van der Waals surface area contributed by atoms with Gasteiger partial charge in [-0.25, -0.2) is 4.99 Å². The maximum atomic E-state index is 12.6. The molecule has 2 rings (SSSR count). The van der Waals surface area contributed by atoms with Crippen LogP contribution in [-0.4, -0.2) is 37.2 Å². The van der Waals surface area contributed by atoms with E-state index in [0.717, 1.165) is 34.6 Å². The van der Waals surface area contributed by atoms with Crippen LogP contribution >= 0.6 is 11.6 Å². The van der Waals surface area contributed by atoms with Crippen LogP contribution in [0.2, 0.25) is 5.02 Å². The molecule has 2 aromatic rings. The van der Waals surface area contributed by atoms with Crippen molar-refractivity contribution in [1.29, 1.82) is 0 Å². The summed E-state index contributed by atoms with van der Waals surface area (Å²) >= 11 is 5.96.